The van der Waals surface area contributed by atoms with Crippen LogP contribution in [0.4, 0.5) is 11.4 Å². The molecule has 2 atom stereocenters. The van der Waals surface area contributed by atoms with Gasteiger partial charge in [-0.25, -0.2) is 0 Å². The molecular weight excluding hydrogens is 162 g/mol. The van der Waals surface area contributed by atoms with Crippen LogP contribution in [0.1, 0.15) is 13.3 Å². The van der Waals surface area contributed by atoms with Gasteiger partial charge in [-0.15, -0.1) is 0 Å². The summed E-state index contributed by atoms with van der Waals surface area (Å²) < 4.78 is 0. The van der Waals surface area contributed by atoms with E-state index in [9.17, 15) is 0 Å². The van der Waals surface area contributed by atoms with Gasteiger partial charge in [-0.2, -0.15) is 0 Å². The van der Waals surface area contributed by atoms with Gasteiger partial charge in [-0.1, -0.05) is 6.92 Å². The Bertz CT molecular complexity index is 298. The van der Waals surface area contributed by atoms with E-state index in [1.54, 1.807) is 0 Å². The number of aromatic nitrogens is 1. The van der Waals surface area contributed by atoms with E-state index in [4.69, 9.17) is 0 Å². The van der Waals surface area contributed by atoms with Gasteiger partial charge in [0.25, 0.3) is 0 Å². The van der Waals surface area contributed by atoms with Gasteiger partial charge in [0, 0.05) is 13.1 Å². The average Bonchev–Trinajstić information content (AvgIpc) is 2.82. The second kappa shape index (κ2) is 3.24. The summed E-state index contributed by atoms with van der Waals surface area (Å²) in [5.74, 6) is 0.818. The summed E-state index contributed by atoms with van der Waals surface area (Å²) in [4.78, 5) is 4.14. The molecule has 13 heavy (non-hydrogen) atoms. The predicted octanol–water partition coefficient (Wildman–Crippen LogP) is 1.94. The molecule has 0 saturated heterocycles. The lowest BCUT2D eigenvalue weighted by molar-refractivity contribution is 0.928. The topological polar surface area (TPSA) is 37.0 Å². The third-order valence-electron chi connectivity index (χ3n) is 2.49. The van der Waals surface area contributed by atoms with Crippen LogP contribution >= 0.6 is 0 Å². The molecule has 3 heteroatoms. The van der Waals surface area contributed by atoms with E-state index in [-0.39, 0.29) is 0 Å². The van der Waals surface area contributed by atoms with Crippen LogP contribution in [0.5, 0.6) is 0 Å². The quantitative estimate of drug-likeness (QED) is 0.741. The van der Waals surface area contributed by atoms with Crippen molar-refractivity contribution in [2.45, 2.75) is 19.4 Å². The molecule has 2 unspecified atom stereocenters. The van der Waals surface area contributed by atoms with Gasteiger partial charge in [0.1, 0.15) is 0 Å². The van der Waals surface area contributed by atoms with Crippen molar-refractivity contribution in [2.75, 3.05) is 17.7 Å². The molecule has 2 N–H and O–H groups in total. The van der Waals surface area contributed by atoms with Crippen molar-refractivity contribution in [1.82, 2.24) is 4.98 Å². The molecule has 2 rings (SSSR count). The largest absolute Gasteiger partial charge is 0.387 e. The Morgan fingerprint density at radius 1 is 1.38 bits per heavy atom. The third kappa shape index (κ3) is 1.91. The number of nitrogens with one attached hydrogen (secondary N) is 2. The minimum absolute atomic E-state index is 0.661. The van der Waals surface area contributed by atoms with Gasteiger partial charge in [-0.3, -0.25) is 4.98 Å². The first-order valence-electron chi connectivity index (χ1n) is 4.69. The third-order valence-corrected chi connectivity index (χ3v) is 2.49. The zero-order valence-corrected chi connectivity index (χ0v) is 8.04. The molecule has 1 heterocycles. The molecule has 1 fully saturated rings. The molecule has 0 aromatic carbocycles. The first-order chi connectivity index (χ1) is 6.29. The summed E-state index contributed by atoms with van der Waals surface area (Å²) in [6.07, 6.45) is 4.97. The number of hydrogen-bond acceptors (Lipinski definition) is 3. The Morgan fingerprint density at radius 3 is 2.69 bits per heavy atom. The number of nitrogens with zero attached hydrogens (tertiary/aromatic N) is 1. The summed E-state index contributed by atoms with van der Waals surface area (Å²) >= 11 is 0. The summed E-state index contributed by atoms with van der Waals surface area (Å²) in [5.41, 5.74) is 2.17. The van der Waals surface area contributed by atoms with Crippen molar-refractivity contribution in [2.24, 2.45) is 5.92 Å². The molecule has 1 aromatic rings. The van der Waals surface area contributed by atoms with Gasteiger partial charge in [0.2, 0.25) is 0 Å². The molecule has 1 aromatic heterocycles. The molecule has 0 aliphatic heterocycles. The van der Waals surface area contributed by atoms with E-state index < -0.39 is 0 Å². The Kier molecular flexibility index (Phi) is 2.08. The SMILES string of the molecule is CNc1cncc(NC2CC2C)c1. The molecule has 1 saturated carbocycles. The van der Waals surface area contributed by atoms with E-state index in [0.717, 1.165) is 17.3 Å². The lowest BCUT2D eigenvalue weighted by Gasteiger charge is -2.06. The normalized spacial score (nSPS) is 25.4. The van der Waals surface area contributed by atoms with Crippen molar-refractivity contribution in [3.05, 3.63) is 18.5 Å². The molecule has 70 valence electrons. The molecule has 0 spiro atoms. The van der Waals surface area contributed by atoms with Crippen LogP contribution < -0.4 is 10.6 Å². The van der Waals surface area contributed by atoms with Gasteiger partial charge in [0.15, 0.2) is 0 Å². The van der Waals surface area contributed by atoms with Crippen LogP contribution in [0.2, 0.25) is 0 Å². The molecule has 1 aliphatic carbocycles. The second-order valence-corrected chi connectivity index (χ2v) is 3.68. The van der Waals surface area contributed by atoms with Crippen molar-refractivity contribution in [3.63, 3.8) is 0 Å². The van der Waals surface area contributed by atoms with Crippen molar-refractivity contribution < 1.29 is 0 Å². The van der Waals surface area contributed by atoms with E-state index in [1.807, 2.05) is 19.4 Å². The molecule has 1 aliphatic rings. The van der Waals surface area contributed by atoms with Crippen molar-refractivity contribution in [1.29, 1.82) is 0 Å². The van der Waals surface area contributed by atoms with Gasteiger partial charge < -0.3 is 10.6 Å². The van der Waals surface area contributed by atoms with Crippen molar-refractivity contribution >= 4 is 11.4 Å². The maximum Gasteiger partial charge on any atom is 0.0549 e. The standard InChI is InChI=1S/C10H15N3/c1-7-3-10(7)13-9-4-8(11-2)5-12-6-9/h4-7,10-11,13H,3H2,1-2H3. The number of hydrogen-bond donors (Lipinski definition) is 2. The lowest BCUT2D eigenvalue weighted by atomic mass is 10.3. The van der Waals surface area contributed by atoms with Crippen LogP contribution in [0.15, 0.2) is 18.5 Å². The molecule has 0 bridgehead atoms. The first kappa shape index (κ1) is 8.35. The zero-order chi connectivity index (χ0) is 9.26. The van der Waals surface area contributed by atoms with E-state index in [1.165, 1.54) is 6.42 Å². The van der Waals surface area contributed by atoms with Crippen molar-refractivity contribution in [3.8, 4) is 0 Å². The fourth-order valence-corrected chi connectivity index (χ4v) is 1.39. The first-order valence-corrected chi connectivity index (χ1v) is 4.69. The number of rotatable bonds is 3. The molecule has 0 amide bonds. The van der Waals surface area contributed by atoms with Crippen LogP contribution in [0.25, 0.3) is 0 Å². The predicted molar refractivity (Wildman–Crippen MR) is 55.0 cm³/mol. The number of pyridine rings is 1. The lowest BCUT2D eigenvalue weighted by Crippen LogP contribution is -2.04. The van der Waals surface area contributed by atoms with E-state index in [0.29, 0.717) is 6.04 Å². The minimum atomic E-state index is 0.661. The Hall–Kier alpha value is -1.25. The van der Waals surface area contributed by atoms with Crippen LogP contribution in [0.3, 0.4) is 0 Å². The van der Waals surface area contributed by atoms with E-state index >= 15 is 0 Å². The second-order valence-electron chi connectivity index (χ2n) is 3.68. The number of anilines is 2. The average molecular weight is 177 g/mol. The van der Waals surface area contributed by atoms with Crippen LogP contribution in [0, 0.1) is 5.92 Å². The maximum absolute atomic E-state index is 4.14. The fraction of sp³-hybridized carbons (Fsp3) is 0.500. The zero-order valence-electron chi connectivity index (χ0n) is 8.04. The minimum Gasteiger partial charge on any atom is -0.387 e. The monoisotopic (exact) mass is 177 g/mol. The Balaban J connectivity index is 2.03. The van der Waals surface area contributed by atoms with Gasteiger partial charge in [0.05, 0.1) is 23.8 Å². The maximum atomic E-state index is 4.14. The Labute approximate surface area is 78.6 Å². The van der Waals surface area contributed by atoms with Gasteiger partial charge in [-0.05, 0) is 18.4 Å². The highest BCUT2D eigenvalue weighted by Crippen LogP contribution is 2.32. The van der Waals surface area contributed by atoms with Crippen LogP contribution in [-0.4, -0.2) is 18.1 Å². The summed E-state index contributed by atoms with van der Waals surface area (Å²) in [6, 6.07) is 2.74. The molecular formula is C10H15N3. The summed E-state index contributed by atoms with van der Waals surface area (Å²) in [7, 11) is 1.90. The highest BCUT2D eigenvalue weighted by atomic mass is 15.0. The highest BCUT2D eigenvalue weighted by molar-refractivity contribution is 5.54. The van der Waals surface area contributed by atoms with E-state index in [2.05, 4.69) is 28.6 Å². The van der Waals surface area contributed by atoms with Gasteiger partial charge >= 0.3 is 0 Å². The van der Waals surface area contributed by atoms with Crippen LogP contribution in [-0.2, 0) is 0 Å². The highest BCUT2D eigenvalue weighted by Gasteiger charge is 2.32. The summed E-state index contributed by atoms with van der Waals surface area (Å²) in [5, 5.41) is 6.51. The fourth-order valence-electron chi connectivity index (χ4n) is 1.39. The smallest absolute Gasteiger partial charge is 0.0549 e. The molecule has 3 nitrogen and oxygen atoms in total. The Morgan fingerprint density at radius 2 is 2.08 bits per heavy atom. The molecule has 0 radical (unpaired) electrons. The summed E-state index contributed by atoms with van der Waals surface area (Å²) in [6.45, 7) is 2.26.